The Kier molecular flexibility index (Phi) is 6.48. The number of amides is 1. The lowest BCUT2D eigenvalue weighted by molar-refractivity contribution is -0.118. The number of methoxy groups -OCH3 is 1. The van der Waals surface area contributed by atoms with Crippen molar-refractivity contribution in [3.8, 4) is 11.4 Å². The molecule has 1 amide bonds. The van der Waals surface area contributed by atoms with Crippen molar-refractivity contribution in [1.82, 2.24) is 35.3 Å². The van der Waals surface area contributed by atoms with Gasteiger partial charge in [0.2, 0.25) is 5.91 Å². The number of hydrogen-bond acceptors (Lipinski definition) is 7. The zero-order chi connectivity index (χ0) is 18.7. The quantitative estimate of drug-likeness (QED) is 0.644. The van der Waals surface area contributed by atoms with Gasteiger partial charge >= 0.3 is 0 Å². The molecule has 0 aliphatic carbocycles. The molecule has 3 rings (SSSR count). The summed E-state index contributed by atoms with van der Waals surface area (Å²) in [5.74, 6) is 0.996. The van der Waals surface area contributed by atoms with Gasteiger partial charge in [0.25, 0.3) is 0 Å². The van der Waals surface area contributed by atoms with Crippen molar-refractivity contribution in [2.24, 2.45) is 7.05 Å². The van der Waals surface area contributed by atoms with E-state index in [9.17, 15) is 4.79 Å². The Hall–Kier alpha value is -2.98. The summed E-state index contributed by atoms with van der Waals surface area (Å²) in [4.78, 5) is 12.7. The van der Waals surface area contributed by atoms with Gasteiger partial charge in [0, 0.05) is 24.5 Å². The van der Waals surface area contributed by atoms with Crippen LogP contribution in [-0.2, 0) is 11.8 Å². The van der Waals surface area contributed by atoms with Crippen LogP contribution in [0.15, 0.2) is 30.6 Å². The number of nitrogens with one attached hydrogen (secondary N) is 2. The molecular formula is C16H21ClN8O2. The molecule has 0 radical (unpaired) electrons. The van der Waals surface area contributed by atoms with Crippen LogP contribution in [0.5, 0.6) is 5.75 Å². The van der Waals surface area contributed by atoms with Crippen molar-refractivity contribution in [3.63, 3.8) is 0 Å². The van der Waals surface area contributed by atoms with Gasteiger partial charge in [0.05, 0.1) is 13.3 Å². The maximum absolute atomic E-state index is 12.7. The molecule has 144 valence electrons. The summed E-state index contributed by atoms with van der Waals surface area (Å²) in [7, 11) is 5.09. The summed E-state index contributed by atoms with van der Waals surface area (Å²) < 4.78 is 8.57. The monoisotopic (exact) mass is 392 g/mol. The van der Waals surface area contributed by atoms with Crippen molar-refractivity contribution < 1.29 is 9.53 Å². The normalized spacial score (nSPS) is 11.6. The number of anilines is 1. The van der Waals surface area contributed by atoms with Crippen LogP contribution < -0.4 is 15.4 Å². The number of carbonyl (C=O) groups is 1. The molecule has 27 heavy (non-hydrogen) atoms. The van der Waals surface area contributed by atoms with E-state index in [4.69, 9.17) is 4.74 Å². The minimum Gasteiger partial charge on any atom is -0.494 e. The average molecular weight is 393 g/mol. The average Bonchev–Trinajstić information content (AvgIpc) is 3.24. The molecule has 0 spiro atoms. The van der Waals surface area contributed by atoms with Gasteiger partial charge in [-0.25, -0.2) is 0 Å². The molecule has 1 unspecified atom stereocenters. The van der Waals surface area contributed by atoms with Crippen molar-refractivity contribution in [1.29, 1.82) is 0 Å². The Labute approximate surface area is 162 Å². The molecule has 1 atom stereocenters. The van der Waals surface area contributed by atoms with Crippen molar-refractivity contribution in [2.45, 2.75) is 13.0 Å². The predicted octanol–water partition coefficient (Wildman–Crippen LogP) is 1.03. The van der Waals surface area contributed by atoms with Crippen LogP contribution in [0.3, 0.4) is 0 Å². The van der Waals surface area contributed by atoms with Gasteiger partial charge in [-0.3, -0.25) is 9.48 Å². The molecule has 2 aromatic heterocycles. The van der Waals surface area contributed by atoms with Crippen LogP contribution in [0.1, 0.15) is 17.4 Å². The zero-order valence-corrected chi connectivity index (χ0v) is 16.2. The lowest BCUT2D eigenvalue weighted by Crippen LogP contribution is -2.30. The van der Waals surface area contributed by atoms with Crippen LogP contribution in [0.2, 0.25) is 0 Å². The molecule has 0 saturated carbocycles. The van der Waals surface area contributed by atoms with Crippen LogP contribution >= 0.6 is 12.4 Å². The molecule has 0 aliphatic rings. The Morgan fingerprint density at radius 3 is 2.67 bits per heavy atom. The van der Waals surface area contributed by atoms with E-state index in [1.807, 2.05) is 0 Å². The lowest BCUT2D eigenvalue weighted by Gasteiger charge is -2.16. The Bertz CT molecular complexity index is 923. The Morgan fingerprint density at radius 1 is 1.33 bits per heavy atom. The van der Waals surface area contributed by atoms with E-state index in [-0.39, 0.29) is 18.3 Å². The summed E-state index contributed by atoms with van der Waals surface area (Å²) in [6.07, 6.45) is 3.45. The van der Waals surface area contributed by atoms with Gasteiger partial charge in [0.1, 0.15) is 17.5 Å². The van der Waals surface area contributed by atoms with E-state index in [1.54, 1.807) is 68.1 Å². The molecular weight excluding hydrogens is 372 g/mol. The second-order valence-corrected chi connectivity index (χ2v) is 5.68. The summed E-state index contributed by atoms with van der Waals surface area (Å²) in [5, 5.41) is 21.5. The second-order valence-electron chi connectivity index (χ2n) is 5.68. The fourth-order valence-electron chi connectivity index (χ4n) is 2.64. The maximum atomic E-state index is 12.7. The van der Waals surface area contributed by atoms with Crippen molar-refractivity contribution in [2.75, 3.05) is 19.5 Å². The third-order valence-corrected chi connectivity index (χ3v) is 3.91. The lowest BCUT2D eigenvalue weighted by atomic mass is 10.1. The van der Waals surface area contributed by atoms with Crippen LogP contribution in [0.25, 0.3) is 5.69 Å². The molecule has 10 nitrogen and oxygen atoms in total. The number of aromatic nitrogens is 6. The number of rotatable bonds is 6. The standard InChI is InChI=1S/C16H20N8O2.ClH/c1-10-20-21-22-24(10)13-7-12(5-6-14(13)26-4)19-16(25)15(17-2)11-8-18-23(3)9-11;/h5-9,15,17H,1-4H3,(H,19,25);1H. The first-order valence-corrected chi connectivity index (χ1v) is 7.93. The van der Waals surface area contributed by atoms with E-state index in [2.05, 4.69) is 31.3 Å². The van der Waals surface area contributed by atoms with Crippen molar-refractivity contribution in [3.05, 3.63) is 42.0 Å². The van der Waals surface area contributed by atoms with Crippen LogP contribution in [-0.4, -0.2) is 50.1 Å². The summed E-state index contributed by atoms with van der Waals surface area (Å²) in [6.45, 7) is 1.78. The molecule has 2 N–H and O–H groups in total. The van der Waals surface area contributed by atoms with E-state index in [0.717, 1.165) is 5.56 Å². The Morgan fingerprint density at radius 2 is 2.11 bits per heavy atom. The first-order valence-electron chi connectivity index (χ1n) is 7.93. The number of nitrogens with zero attached hydrogens (tertiary/aromatic N) is 6. The molecule has 0 saturated heterocycles. The highest BCUT2D eigenvalue weighted by molar-refractivity contribution is 5.95. The number of tetrazole rings is 1. The summed E-state index contributed by atoms with van der Waals surface area (Å²) in [5.41, 5.74) is 2.01. The van der Waals surface area contributed by atoms with Crippen LogP contribution in [0, 0.1) is 6.92 Å². The highest BCUT2D eigenvalue weighted by atomic mass is 35.5. The zero-order valence-electron chi connectivity index (χ0n) is 15.4. The fourth-order valence-corrected chi connectivity index (χ4v) is 2.64. The maximum Gasteiger partial charge on any atom is 0.246 e. The highest BCUT2D eigenvalue weighted by Gasteiger charge is 2.21. The van der Waals surface area contributed by atoms with Gasteiger partial charge in [-0.15, -0.1) is 17.5 Å². The van der Waals surface area contributed by atoms with E-state index >= 15 is 0 Å². The summed E-state index contributed by atoms with van der Waals surface area (Å²) in [6, 6.07) is 4.75. The number of ether oxygens (including phenoxy) is 1. The SMILES string of the molecule is CNC(C(=O)Nc1ccc(OC)c(-n2nnnc2C)c1)c1cnn(C)c1.Cl. The number of aryl methyl sites for hydroxylation is 2. The molecule has 0 fully saturated rings. The van der Waals surface area contributed by atoms with Gasteiger partial charge in [-0.1, -0.05) is 0 Å². The summed E-state index contributed by atoms with van der Waals surface area (Å²) >= 11 is 0. The third kappa shape index (κ3) is 4.23. The van der Waals surface area contributed by atoms with Crippen molar-refractivity contribution >= 4 is 24.0 Å². The minimum atomic E-state index is -0.524. The largest absolute Gasteiger partial charge is 0.494 e. The number of carbonyl (C=O) groups excluding carboxylic acids is 1. The number of halogens is 1. The number of benzene rings is 1. The van der Waals surface area contributed by atoms with E-state index in [0.29, 0.717) is 22.9 Å². The number of hydrogen-bond donors (Lipinski definition) is 2. The first kappa shape index (κ1) is 20.3. The third-order valence-electron chi connectivity index (χ3n) is 3.91. The molecule has 11 heteroatoms. The topological polar surface area (TPSA) is 112 Å². The molecule has 3 aromatic rings. The van der Waals surface area contributed by atoms with Gasteiger partial charge in [-0.2, -0.15) is 9.78 Å². The predicted molar refractivity (Wildman–Crippen MR) is 101 cm³/mol. The first-order chi connectivity index (χ1) is 12.5. The van der Waals surface area contributed by atoms with E-state index in [1.165, 1.54) is 0 Å². The second kappa shape index (κ2) is 8.60. The van der Waals surface area contributed by atoms with E-state index < -0.39 is 6.04 Å². The molecule has 0 bridgehead atoms. The minimum absolute atomic E-state index is 0. The molecule has 1 aromatic carbocycles. The highest BCUT2D eigenvalue weighted by Crippen LogP contribution is 2.27. The van der Waals surface area contributed by atoms with Crippen LogP contribution in [0.4, 0.5) is 5.69 Å². The molecule has 2 heterocycles. The molecule has 0 aliphatic heterocycles. The smallest absolute Gasteiger partial charge is 0.246 e. The van der Waals surface area contributed by atoms with Gasteiger partial charge < -0.3 is 15.4 Å². The Balaban J connectivity index is 0.00000261. The number of likely N-dealkylation sites (N-methyl/N-ethyl adjacent to an activating group) is 1. The van der Waals surface area contributed by atoms with Gasteiger partial charge in [0.15, 0.2) is 5.82 Å². The van der Waals surface area contributed by atoms with Gasteiger partial charge in [-0.05, 0) is 42.6 Å². The fraction of sp³-hybridized carbons (Fsp3) is 0.312.